The van der Waals surface area contributed by atoms with E-state index in [1.54, 1.807) is 0 Å². The molecule has 1 aromatic carbocycles. The Hall–Kier alpha value is -0.940. The van der Waals surface area contributed by atoms with Gasteiger partial charge < -0.3 is 0 Å². The Morgan fingerprint density at radius 3 is 2.75 bits per heavy atom. The minimum Gasteiger partial charge on any atom is -0.192 e. The van der Waals surface area contributed by atoms with Gasteiger partial charge in [0.1, 0.15) is 0 Å². The van der Waals surface area contributed by atoms with Crippen LogP contribution in [-0.2, 0) is 5.75 Å². The van der Waals surface area contributed by atoms with Gasteiger partial charge in [-0.3, -0.25) is 0 Å². The van der Waals surface area contributed by atoms with Crippen molar-refractivity contribution in [3.8, 4) is 6.07 Å². The minimum atomic E-state index is 0.823. The molecule has 86 valence electrons. The maximum absolute atomic E-state index is 8.93. The molecule has 0 saturated heterocycles. The highest BCUT2D eigenvalue weighted by atomic mass is 32.2. The molecule has 0 unspecified atom stereocenters. The van der Waals surface area contributed by atoms with Crippen molar-refractivity contribution >= 4 is 11.8 Å². The van der Waals surface area contributed by atoms with Crippen LogP contribution in [0, 0.1) is 11.3 Å². The van der Waals surface area contributed by atoms with Gasteiger partial charge in [-0.05, 0) is 23.8 Å². The number of nitrogens with zero attached hydrogens (tertiary/aromatic N) is 1. The molecule has 1 nitrogen and oxygen atoms in total. The highest BCUT2D eigenvalue weighted by molar-refractivity contribution is 7.98. The lowest BCUT2D eigenvalue weighted by Gasteiger charge is -2.03. The molecule has 0 spiro atoms. The Morgan fingerprint density at radius 2 is 2.00 bits per heavy atom. The van der Waals surface area contributed by atoms with E-state index in [1.165, 1.54) is 37.0 Å². The van der Waals surface area contributed by atoms with E-state index in [0.717, 1.165) is 11.3 Å². The van der Waals surface area contributed by atoms with Gasteiger partial charge in [-0.15, -0.1) is 0 Å². The SMILES string of the molecule is CCCCCCSCc1ccccc1C#N. The summed E-state index contributed by atoms with van der Waals surface area (Å²) in [6, 6.07) is 10.1. The predicted octanol–water partition coefficient (Wildman–Crippen LogP) is 4.37. The number of hydrogen-bond acceptors (Lipinski definition) is 2. The van der Waals surface area contributed by atoms with Crippen molar-refractivity contribution in [2.75, 3.05) is 5.75 Å². The van der Waals surface area contributed by atoms with Crippen LogP contribution in [0.3, 0.4) is 0 Å². The molecule has 2 heteroatoms. The first-order valence-electron chi connectivity index (χ1n) is 5.94. The average molecular weight is 233 g/mol. The van der Waals surface area contributed by atoms with Crippen molar-refractivity contribution in [3.05, 3.63) is 35.4 Å². The van der Waals surface area contributed by atoms with Gasteiger partial charge in [-0.1, -0.05) is 44.4 Å². The molecule has 16 heavy (non-hydrogen) atoms. The lowest BCUT2D eigenvalue weighted by atomic mass is 10.1. The summed E-state index contributed by atoms with van der Waals surface area (Å²) < 4.78 is 0. The number of benzene rings is 1. The van der Waals surface area contributed by atoms with Crippen LogP contribution in [0.4, 0.5) is 0 Å². The Kier molecular flexibility index (Phi) is 6.76. The molecule has 0 amide bonds. The smallest absolute Gasteiger partial charge is 0.0994 e. The van der Waals surface area contributed by atoms with Crippen LogP contribution in [0.2, 0.25) is 0 Å². The van der Waals surface area contributed by atoms with Crippen LogP contribution in [0.1, 0.15) is 43.7 Å². The largest absolute Gasteiger partial charge is 0.192 e. The van der Waals surface area contributed by atoms with Crippen molar-refractivity contribution in [2.24, 2.45) is 0 Å². The summed E-state index contributed by atoms with van der Waals surface area (Å²) >= 11 is 1.94. The van der Waals surface area contributed by atoms with Gasteiger partial charge in [-0.25, -0.2) is 0 Å². The third-order valence-corrected chi connectivity index (χ3v) is 3.63. The maximum Gasteiger partial charge on any atom is 0.0994 e. The lowest BCUT2D eigenvalue weighted by molar-refractivity contribution is 0.706. The molecule has 0 N–H and O–H groups in total. The topological polar surface area (TPSA) is 23.8 Å². The second-order valence-corrected chi connectivity index (χ2v) is 4.99. The van der Waals surface area contributed by atoms with Gasteiger partial charge in [0.05, 0.1) is 11.6 Å². The molecule has 0 atom stereocenters. The first-order valence-corrected chi connectivity index (χ1v) is 7.09. The van der Waals surface area contributed by atoms with Crippen molar-refractivity contribution < 1.29 is 0 Å². The molecule has 0 aliphatic heterocycles. The van der Waals surface area contributed by atoms with Crippen LogP contribution in [0.15, 0.2) is 24.3 Å². The summed E-state index contributed by atoms with van der Waals surface area (Å²) in [5.41, 5.74) is 1.99. The number of rotatable bonds is 7. The molecular weight excluding hydrogens is 214 g/mol. The maximum atomic E-state index is 8.93. The van der Waals surface area contributed by atoms with E-state index in [9.17, 15) is 0 Å². The fraction of sp³-hybridized carbons (Fsp3) is 0.500. The quantitative estimate of drug-likeness (QED) is 0.653. The van der Waals surface area contributed by atoms with E-state index in [1.807, 2.05) is 30.0 Å². The van der Waals surface area contributed by atoms with E-state index in [-0.39, 0.29) is 0 Å². The van der Waals surface area contributed by atoms with Crippen LogP contribution >= 0.6 is 11.8 Å². The van der Waals surface area contributed by atoms with Crippen molar-refractivity contribution in [1.29, 1.82) is 5.26 Å². The van der Waals surface area contributed by atoms with E-state index in [0.29, 0.717) is 0 Å². The second-order valence-electron chi connectivity index (χ2n) is 3.88. The molecule has 0 aliphatic carbocycles. The predicted molar refractivity (Wildman–Crippen MR) is 71.5 cm³/mol. The lowest BCUT2D eigenvalue weighted by Crippen LogP contribution is -1.88. The molecule has 0 heterocycles. The monoisotopic (exact) mass is 233 g/mol. The summed E-state index contributed by atoms with van der Waals surface area (Å²) in [7, 11) is 0. The Morgan fingerprint density at radius 1 is 1.19 bits per heavy atom. The fourth-order valence-corrected chi connectivity index (χ4v) is 2.59. The first kappa shape index (κ1) is 13.1. The van der Waals surface area contributed by atoms with Gasteiger partial charge in [0, 0.05) is 5.75 Å². The summed E-state index contributed by atoms with van der Waals surface area (Å²) in [5.74, 6) is 2.18. The molecule has 0 aliphatic rings. The third-order valence-electron chi connectivity index (χ3n) is 2.54. The fourth-order valence-electron chi connectivity index (χ4n) is 1.57. The minimum absolute atomic E-state index is 0.823. The van der Waals surface area contributed by atoms with Crippen LogP contribution < -0.4 is 0 Å². The van der Waals surface area contributed by atoms with Crippen molar-refractivity contribution in [3.63, 3.8) is 0 Å². The third kappa shape index (κ3) is 4.72. The highest BCUT2D eigenvalue weighted by Crippen LogP contribution is 2.17. The zero-order valence-electron chi connectivity index (χ0n) is 9.91. The molecular formula is C14H19NS. The number of hydrogen-bond donors (Lipinski definition) is 0. The van der Waals surface area contributed by atoms with Gasteiger partial charge in [0.25, 0.3) is 0 Å². The van der Waals surface area contributed by atoms with Crippen LogP contribution in [0.5, 0.6) is 0 Å². The van der Waals surface area contributed by atoms with E-state index in [4.69, 9.17) is 5.26 Å². The van der Waals surface area contributed by atoms with Gasteiger partial charge in [0.15, 0.2) is 0 Å². The van der Waals surface area contributed by atoms with Gasteiger partial charge in [0.2, 0.25) is 0 Å². The van der Waals surface area contributed by atoms with E-state index in [2.05, 4.69) is 19.1 Å². The van der Waals surface area contributed by atoms with E-state index >= 15 is 0 Å². The zero-order valence-corrected chi connectivity index (χ0v) is 10.7. The van der Waals surface area contributed by atoms with Gasteiger partial charge >= 0.3 is 0 Å². The summed E-state index contributed by atoms with van der Waals surface area (Å²) in [6.45, 7) is 2.23. The number of nitriles is 1. The molecule has 0 aromatic heterocycles. The average Bonchev–Trinajstić information content (AvgIpc) is 2.34. The molecule has 0 bridgehead atoms. The molecule has 1 rings (SSSR count). The van der Waals surface area contributed by atoms with Gasteiger partial charge in [-0.2, -0.15) is 17.0 Å². The van der Waals surface area contributed by atoms with E-state index < -0.39 is 0 Å². The molecule has 1 aromatic rings. The van der Waals surface area contributed by atoms with Crippen LogP contribution in [-0.4, -0.2) is 5.75 Å². The van der Waals surface area contributed by atoms with Crippen molar-refractivity contribution in [2.45, 2.75) is 38.4 Å². The standard InChI is InChI=1S/C14H19NS/c1-2-3-4-7-10-16-12-14-9-6-5-8-13(14)11-15/h5-6,8-9H,2-4,7,10,12H2,1H3. The zero-order chi connectivity index (χ0) is 11.6. The molecule has 0 saturated carbocycles. The highest BCUT2D eigenvalue weighted by Gasteiger charge is 2.00. The van der Waals surface area contributed by atoms with Crippen molar-refractivity contribution in [1.82, 2.24) is 0 Å². The summed E-state index contributed by atoms with van der Waals surface area (Å²) in [4.78, 5) is 0. The Labute approximate surface area is 103 Å². The normalized spacial score (nSPS) is 10.0. The van der Waals surface area contributed by atoms with Crippen LogP contribution in [0.25, 0.3) is 0 Å². The summed E-state index contributed by atoms with van der Waals surface area (Å²) in [6.07, 6.45) is 5.27. The number of thioether (sulfide) groups is 1. The first-order chi connectivity index (χ1) is 7.88. The summed E-state index contributed by atoms with van der Waals surface area (Å²) in [5, 5.41) is 8.93. The second kappa shape index (κ2) is 8.24. The molecule has 0 fully saturated rings. The Balaban J connectivity index is 2.24. The Bertz CT molecular complexity index is 341. The number of unbranched alkanes of at least 4 members (excludes halogenated alkanes) is 3. The molecule has 0 radical (unpaired) electrons.